The molecule has 0 radical (unpaired) electrons. The lowest BCUT2D eigenvalue weighted by Crippen LogP contribution is -2.40. The third-order valence-corrected chi connectivity index (χ3v) is 4.85. The molecular weight excluding hydrogens is 352 g/mol. The minimum Gasteiger partial charge on any atom is -0.293 e. The number of benzene rings is 1. The summed E-state index contributed by atoms with van der Waals surface area (Å²) in [4.78, 5) is 25.1. The Hall–Kier alpha value is -1.01. The molecule has 114 valence electrons. The van der Waals surface area contributed by atoms with Gasteiger partial charge in [0, 0.05) is 23.3 Å². The number of hydrogen-bond acceptors (Lipinski definition) is 3. The lowest BCUT2D eigenvalue weighted by Gasteiger charge is -2.13. The van der Waals surface area contributed by atoms with Gasteiger partial charge in [-0.2, -0.15) is 11.8 Å². The van der Waals surface area contributed by atoms with Crippen molar-refractivity contribution in [3.63, 3.8) is 0 Å². The quantitative estimate of drug-likeness (QED) is 0.811. The Labute approximate surface area is 136 Å². The van der Waals surface area contributed by atoms with Gasteiger partial charge in [0.2, 0.25) is 0 Å². The van der Waals surface area contributed by atoms with Gasteiger partial charge in [-0.3, -0.25) is 13.9 Å². The molecule has 0 aliphatic carbocycles. The second kappa shape index (κ2) is 6.83. The van der Waals surface area contributed by atoms with Crippen molar-refractivity contribution in [1.29, 1.82) is 0 Å². The molecule has 0 fully saturated rings. The summed E-state index contributed by atoms with van der Waals surface area (Å²) < 4.78 is 3.85. The van der Waals surface area contributed by atoms with E-state index in [4.69, 9.17) is 0 Å². The van der Waals surface area contributed by atoms with E-state index < -0.39 is 0 Å². The predicted molar refractivity (Wildman–Crippen MR) is 93.4 cm³/mol. The molecule has 21 heavy (non-hydrogen) atoms. The molecular formula is C15H19BrN2O2S. The highest BCUT2D eigenvalue weighted by atomic mass is 79.9. The van der Waals surface area contributed by atoms with Crippen LogP contribution in [0.1, 0.15) is 20.8 Å². The molecule has 6 heteroatoms. The van der Waals surface area contributed by atoms with Crippen LogP contribution in [0, 0.1) is 0 Å². The zero-order valence-corrected chi connectivity index (χ0v) is 14.8. The Morgan fingerprint density at radius 3 is 2.57 bits per heavy atom. The van der Waals surface area contributed by atoms with E-state index in [1.807, 2.05) is 19.1 Å². The summed E-state index contributed by atoms with van der Waals surface area (Å²) in [6.07, 6.45) is 0. The summed E-state index contributed by atoms with van der Waals surface area (Å²) in [5.41, 5.74) is 0.274. The van der Waals surface area contributed by atoms with Crippen LogP contribution >= 0.6 is 27.7 Å². The normalized spacial score (nSPS) is 11.5. The number of aryl methyl sites for hydroxylation is 1. The zero-order chi connectivity index (χ0) is 15.6. The Morgan fingerprint density at radius 1 is 1.24 bits per heavy atom. The third-order valence-electron chi connectivity index (χ3n) is 3.27. The van der Waals surface area contributed by atoms with Crippen LogP contribution in [-0.4, -0.2) is 20.1 Å². The van der Waals surface area contributed by atoms with Crippen LogP contribution in [0.3, 0.4) is 0 Å². The average Bonchev–Trinajstić information content (AvgIpc) is 2.43. The minimum absolute atomic E-state index is 0.203. The van der Waals surface area contributed by atoms with Crippen molar-refractivity contribution in [2.75, 3.05) is 5.75 Å². The van der Waals surface area contributed by atoms with Crippen LogP contribution in [0.4, 0.5) is 0 Å². The van der Waals surface area contributed by atoms with Crippen molar-refractivity contribution < 1.29 is 0 Å². The van der Waals surface area contributed by atoms with Crippen molar-refractivity contribution >= 4 is 38.6 Å². The molecule has 0 saturated heterocycles. The van der Waals surface area contributed by atoms with E-state index in [2.05, 4.69) is 29.8 Å². The van der Waals surface area contributed by atoms with Crippen LogP contribution in [0.5, 0.6) is 0 Å². The first-order valence-corrected chi connectivity index (χ1v) is 8.84. The molecule has 1 aromatic carbocycles. The third kappa shape index (κ3) is 3.43. The second-order valence-corrected chi connectivity index (χ2v) is 7.66. The molecule has 0 amide bonds. The highest BCUT2D eigenvalue weighted by Crippen LogP contribution is 2.16. The first-order valence-electron chi connectivity index (χ1n) is 7.00. The molecule has 0 N–H and O–H groups in total. The highest BCUT2D eigenvalue weighted by molar-refractivity contribution is 9.10. The van der Waals surface area contributed by atoms with Gasteiger partial charge in [0.25, 0.3) is 5.56 Å². The van der Waals surface area contributed by atoms with Gasteiger partial charge in [0.05, 0.1) is 10.9 Å². The van der Waals surface area contributed by atoms with Crippen LogP contribution in [0.2, 0.25) is 0 Å². The first-order chi connectivity index (χ1) is 9.95. The van der Waals surface area contributed by atoms with Crippen molar-refractivity contribution in [2.24, 2.45) is 0 Å². The number of hydrogen-bond donors (Lipinski definition) is 0. The van der Waals surface area contributed by atoms with Crippen molar-refractivity contribution in [3.05, 3.63) is 43.5 Å². The number of aromatic nitrogens is 2. The monoisotopic (exact) mass is 370 g/mol. The van der Waals surface area contributed by atoms with E-state index in [0.717, 1.165) is 10.2 Å². The minimum atomic E-state index is -0.221. The van der Waals surface area contributed by atoms with Crippen LogP contribution in [0.25, 0.3) is 10.9 Å². The van der Waals surface area contributed by atoms with Gasteiger partial charge in [-0.05, 0) is 30.4 Å². The molecule has 0 atom stereocenters. The molecule has 1 heterocycles. The maximum Gasteiger partial charge on any atom is 0.331 e. The highest BCUT2D eigenvalue weighted by Gasteiger charge is 2.12. The Kier molecular flexibility index (Phi) is 5.32. The summed E-state index contributed by atoms with van der Waals surface area (Å²) in [5, 5.41) is 1.07. The van der Waals surface area contributed by atoms with Crippen molar-refractivity contribution in [2.45, 2.75) is 39.1 Å². The van der Waals surface area contributed by atoms with Gasteiger partial charge in [-0.15, -0.1) is 0 Å². The smallest absolute Gasteiger partial charge is 0.293 e. The van der Waals surface area contributed by atoms with Crippen molar-refractivity contribution in [1.82, 2.24) is 9.13 Å². The number of thioether (sulfide) groups is 1. The summed E-state index contributed by atoms with van der Waals surface area (Å²) in [6, 6.07) is 5.46. The summed E-state index contributed by atoms with van der Waals surface area (Å²) >= 11 is 5.14. The fourth-order valence-electron chi connectivity index (χ4n) is 2.28. The molecule has 4 nitrogen and oxygen atoms in total. The van der Waals surface area contributed by atoms with Gasteiger partial charge < -0.3 is 0 Å². The number of rotatable bonds is 5. The lowest BCUT2D eigenvalue weighted by molar-refractivity contribution is 0.612. The van der Waals surface area contributed by atoms with E-state index in [0.29, 0.717) is 29.2 Å². The molecule has 0 saturated carbocycles. The van der Waals surface area contributed by atoms with E-state index in [1.165, 1.54) is 4.57 Å². The van der Waals surface area contributed by atoms with Gasteiger partial charge in [-0.25, -0.2) is 4.79 Å². The van der Waals surface area contributed by atoms with Gasteiger partial charge >= 0.3 is 5.69 Å². The first kappa shape index (κ1) is 16.4. The predicted octanol–water partition coefficient (Wildman–Crippen LogP) is 3.09. The topological polar surface area (TPSA) is 44.0 Å². The maximum absolute atomic E-state index is 12.6. The molecule has 0 spiro atoms. The van der Waals surface area contributed by atoms with Crippen molar-refractivity contribution in [3.8, 4) is 0 Å². The molecule has 2 rings (SSSR count). The fourth-order valence-corrected chi connectivity index (χ4v) is 3.40. The maximum atomic E-state index is 12.6. The standard InChI is InChI=1S/C15H19BrN2O2S/c1-4-17-13-6-5-11(16)9-12(13)14(19)18(15(17)20)7-8-21-10(2)3/h5-6,9-10H,4,7-8H2,1-3H3. The summed E-state index contributed by atoms with van der Waals surface area (Å²) in [5.74, 6) is 0.760. The van der Waals surface area contributed by atoms with Gasteiger partial charge in [-0.1, -0.05) is 29.8 Å². The molecule has 2 aromatic rings. The van der Waals surface area contributed by atoms with Crippen LogP contribution < -0.4 is 11.2 Å². The van der Waals surface area contributed by atoms with Crippen LogP contribution in [0.15, 0.2) is 32.3 Å². The Balaban J connectivity index is 2.60. The van der Waals surface area contributed by atoms with E-state index >= 15 is 0 Å². The molecule has 0 bridgehead atoms. The molecule has 0 unspecified atom stereocenters. The SMILES string of the molecule is CCn1c(=O)n(CCSC(C)C)c(=O)c2cc(Br)ccc21. The Morgan fingerprint density at radius 2 is 1.95 bits per heavy atom. The summed E-state index contributed by atoms with van der Waals surface area (Å²) in [6.45, 7) is 7.13. The number of fused-ring (bicyclic) bond motifs is 1. The van der Waals surface area contributed by atoms with E-state index in [-0.39, 0.29) is 11.2 Å². The number of halogens is 1. The van der Waals surface area contributed by atoms with Gasteiger partial charge in [0.15, 0.2) is 0 Å². The van der Waals surface area contributed by atoms with E-state index in [9.17, 15) is 9.59 Å². The van der Waals surface area contributed by atoms with Crippen LogP contribution in [-0.2, 0) is 13.1 Å². The molecule has 1 aromatic heterocycles. The number of nitrogens with zero attached hydrogens (tertiary/aromatic N) is 2. The Bertz CT molecular complexity index is 765. The molecule has 0 aliphatic heterocycles. The zero-order valence-electron chi connectivity index (χ0n) is 12.4. The molecule has 0 aliphatic rings. The van der Waals surface area contributed by atoms with E-state index in [1.54, 1.807) is 22.4 Å². The lowest BCUT2D eigenvalue weighted by atomic mass is 10.2. The summed E-state index contributed by atoms with van der Waals surface area (Å²) in [7, 11) is 0. The van der Waals surface area contributed by atoms with Gasteiger partial charge in [0.1, 0.15) is 0 Å². The second-order valence-electron chi connectivity index (χ2n) is 5.06. The largest absolute Gasteiger partial charge is 0.331 e. The average molecular weight is 371 g/mol. The fraction of sp³-hybridized carbons (Fsp3) is 0.467.